The van der Waals surface area contributed by atoms with Crippen molar-refractivity contribution in [3.63, 3.8) is 0 Å². The van der Waals surface area contributed by atoms with Crippen molar-refractivity contribution in [3.05, 3.63) is 52.8 Å². The van der Waals surface area contributed by atoms with Gasteiger partial charge in [0.25, 0.3) is 0 Å². The molecule has 2 heterocycles. The van der Waals surface area contributed by atoms with E-state index < -0.39 is 23.5 Å². The van der Waals surface area contributed by atoms with Gasteiger partial charge >= 0.3 is 12.1 Å². The maximum absolute atomic E-state index is 15.1. The van der Waals surface area contributed by atoms with Gasteiger partial charge in [0.1, 0.15) is 22.8 Å². The summed E-state index contributed by atoms with van der Waals surface area (Å²) in [5, 5.41) is 9.53. The van der Waals surface area contributed by atoms with E-state index in [1.807, 2.05) is 20.8 Å². The number of imidazole rings is 1. The fraction of sp³-hybridized carbons (Fsp3) is 0.375. The summed E-state index contributed by atoms with van der Waals surface area (Å²) >= 11 is 0. The molecule has 168 valence electrons. The largest absolute Gasteiger partial charge is 0.478 e. The smallest absolute Gasteiger partial charge is 0.410 e. The number of nitrogens with one attached hydrogen (secondary N) is 1. The molecule has 1 amide bonds. The zero-order valence-corrected chi connectivity index (χ0v) is 18.5. The summed E-state index contributed by atoms with van der Waals surface area (Å²) in [4.78, 5) is 33.3. The van der Waals surface area contributed by atoms with Crippen LogP contribution < -0.4 is 0 Å². The van der Waals surface area contributed by atoms with Crippen LogP contribution in [0.15, 0.2) is 30.3 Å². The Kier molecular flexibility index (Phi) is 5.40. The summed E-state index contributed by atoms with van der Waals surface area (Å²) < 4.78 is 20.6. The molecular weight excluding hydrogens is 413 g/mol. The van der Waals surface area contributed by atoms with E-state index in [2.05, 4.69) is 9.97 Å². The Morgan fingerprint density at radius 2 is 2.00 bits per heavy atom. The molecule has 1 aliphatic rings. The second kappa shape index (κ2) is 7.93. The van der Waals surface area contributed by atoms with Crippen LogP contribution in [0.1, 0.15) is 61.1 Å². The molecule has 1 aromatic heterocycles. The number of carboxylic acid groups (broad SMARTS) is 1. The Bertz CT molecular complexity index is 1210. The van der Waals surface area contributed by atoms with Crippen molar-refractivity contribution in [1.82, 2.24) is 14.9 Å². The van der Waals surface area contributed by atoms with E-state index in [4.69, 9.17) is 4.74 Å². The summed E-state index contributed by atoms with van der Waals surface area (Å²) in [6.07, 6.45) is 1.14. The maximum atomic E-state index is 15.1. The Labute approximate surface area is 185 Å². The van der Waals surface area contributed by atoms with Crippen molar-refractivity contribution in [2.24, 2.45) is 0 Å². The molecule has 2 N–H and O–H groups in total. The van der Waals surface area contributed by atoms with Crippen molar-refractivity contribution in [2.75, 3.05) is 6.54 Å². The topological polar surface area (TPSA) is 95.5 Å². The number of hydrogen-bond acceptors (Lipinski definition) is 4. The standard InChI is InChI=1S/C24H26FN3O4/c1-13-7-10-17-20(19(13)22(29)30)27-21(26-17)15-9-8-14(12-16(15)25)18-6-5-11-28(18)23(31)32-24(2,3)4/h7-10,12,18H,5-6,11H2,1-4H3,(H,26,27)(H,29,30)/t18-/m1/s1. The molecule has 1 aliphatic heterocycles. The Morgan fingerprint density at radius 3 is 2.66 bits per heavy atom. The lowest BCUT2D eigenvalue weighted by Gasteiger charge is -2.29. The summed E-state index contributed by atoms with van der Waals surface area (Å²) in [6, 6.07) is 7.98. The normalized spacial score (nSPS) is 16.5. The van der Waals surface area contributed by atoms with Crippen molar-refractivity contribution in [3.8, 4) is 11.4 Å². The summed E-state index contributed by atoms with van der Waals surface area (Å²) in [5.41, 5.74) is 1.83. The van der Waals surface area contributed by atoms with E-state index >= 15 is 4.39 Å². The van der Waals surface area contributed by atoms with Crippen LogP contribution >= 0.6 is 0 Å². The first-order valence-electron chi connectivity index (χ1n) is 10.6. The molecule has 1 saturated heterocycles. The predicted octanol–water partition coefficient (Wildman–Crippen LogP) is 5.45. The van der Waals surface area contributed by atoms with Crippen LogP contribution in [0.2, 0.25) is 0 Å². The van der Waals surface area contributed by atoms with E-state index in [9.17, 15) is 14.7 Å². The summed E-state index contributed by atoms with van der Waals surface area (Å²) in [7, 11) is 0. The van der Waals surface area contributed by atoms with Gasteiger partial charge in [-0.15, -0.1) is 0 Å². The van der Waals surface area contributed by atoms with Crippen molar-refractivity contribution < 1.29 is 23.8 Å². The number of benzene rings is 2. The number of hydrogen-bond donors (Lipinski definition) is 2. The van der Waals surface area contributed by atoms with Gasteiger partial charge in [-0.1, -0.05) is 12.1 Å². The lowest BCUT2D eigenvalue weighted by Crippen LogP contribution is -2.36. The minimum atomic E-state index is -1.08. The molecule has 1 atom stereocenters. The molecule has 4 rings (SSSR count). The third-order valence-electron chi connectivity index (χ3n) is 5.59. The van der Waals surface area contributed by atoms with E-state index in [0.29, 0.717) is 28.7 Å². The van der Waals surface area contributed by atoms with Gasteiger partial charge in [0.2, 0.25) is 0 Å². The number of carbonyl (C=O) groups is 2. The highest BCUT2D eigenvalue weighted by Crippen LogP contribution is 2.35. The average molecular weight is 439 g/mol. The van der Waals surface area contributed by atoms with E-state index in [-0.39, 0.29) is 23.0 Å². The van der Waals surface area contributed by atoms with Crippen LogP contribution in [0.3, 0.4) is 0 Å². The van der Waals surface area contributed by atoms with E-state index in [1.54, 1.807) is 36.1 Å². The molecule has 0 radical (unpaired) electrons. The lowest BCUT2D eigenvalue weighted by molar-refractivity contribution is 0.0224. The predicted molar refractivity (Wildman–Crippen MR) is 118 cm³/mol. The fourth-order valence-corrected chi connectivity index (χ4v) is 4.16. The second-order valence-corrected chi connectivity index (χ2v) is 9.12. The first-order valence-corrected chi connectivity index (χ1v) is 10.6. The minimum absolute atomic E-state index is 0.0981. The third-order valence-corrected chi connectivity index (χ3v) is 5.59. The zero-order valence-electron chi connectivity index (χ0n) is 18.5. The van der Waals surface area contributed by atoms with Gasteiger partial charge in [0.05, 0.1) is 22.7 Å². The number of H-pyrrole nitrogens is 1. The molecule has 8 heteroatoms. The lowest BCUT2D eigenvalue weighted by atomic mass is 10.0. The van der Waals surface area contributed by atoms with Gasteiger partial charge in [0, 0.05) is 6.54 Å². The molecule has 0 unspecified atom stereocenters. The van der Waals surface area contributed by atoms with Crippen LogP contribution in [0.4, 0.5) is 9.18 Å². The second-order valence-electron chi connectivity index (χ2n) is 9.12. The monoisotopic (exact) mass is 439 g/mol. The highest BCUT2D eigenvalue weighted by Gasteiger charge is 2.33. The van der Waals surface area contributed by atoms with Crippen LogP contribution in [0, 0.1) is 12.7 Å². The molecule has 7 nitrogen and oxygen atoms in total. The number of fused-ring (bicyclic) bond motifs is 1. The highest BCUT2D eigenvalue weighted by molar-refractivity contribution is 6.03. The number of halogens is 1. The summed E-state index contributed by atoms with van der Waals surface area (Å²) in [6.45, 7) is 7.70. The SMILES string of the molecule is Cc1ccc2[nH]c(-c3ccc([C@H]4CCCN4C(=O)OC(C)(C)C)cc3F)nc2c1C(=O)O. The molecule has 0 aliphatic carbocycles. The van der Waals surface area contributed by atoms with E-state index in [0.717, 1.165) is 12.8 Å². The molecule has 3 aromatic rings. The van der Waals surface area contributed by atoms with E-state index in [1.165, 1.54) is 6.07 Å². The number of aromatic amines is 1. The van der Waals surface area contributed by atoms with Gasteiger partial charge in [0.15, 0.2) is 0 Å². The van der Waals surface area contributed by atoms with Crippen LogP contribution in [-0.4, -0.2) is 44.2 Å². The van der Waals surface area contributed by atoms with Crippen molar-refractivity contribution in [2.45, 2.75) is 52.2 Å². The number of carbonyl (C=O) groups excluding carboxylic acids is 1. The molecule has 1 fully saturated rings. The van der Waals surface area contributed by atoms with Crippen LogP contribution in [-0.2, 0) is 4.74 Å². The van der Waals surface area contributed by atoms with Gasteiger partial charge in [-0.25, -0.2) is 19.0 Å². The van der Waals surface area contributed by atoms with Gasteiger partial charge in [-0.2, -0.15) is 0 Å². The van der Waals surface area contributed by atoms with Crippen LogP contribution in [0.5, 0.6) is 0 Å². The number of aromatic carboxylic acids is 1. The zero-order chi connectivity index (χ0) is 23.2. The number of likely N-dealkylation sites (tertiary alicyclic amines) is 1. The molecular formula is C24H26FN3O4. The number of aromatic nitrogens is 2. The summed E-state index contributed by atoms with van der Waals surface area (Å²) in [5.74, 6) is -1.32. The van der Waals surface area contributed by atoms with Gasteiger partial charge < -0.3 is 19.7 Å². The first kappa shape index (κ1) is 21.8. The first-order chi connectivity index (χ1) is 15.0. The number of aryl methyl sites for hydroxylation is 1. The number of carboxylic acids is 1. The minimum Gasteiger partial charge on any atom is -0.478 e. The molecule has 2 aromatic carbocycles. The fourth-order valence-electron chi connectivity index (χ4n) is 4.16. The molecule has 32 heavy (non-hydrogen) atoms. The Hall–Kier alpha value is -3.42. The highest BCUT2D eigenvalue weighted by atomic mass is 19.1. The Balaban J connectivity index is 1.66. The number of ether oxygens (including phenoxy) is 1. The number of rotatable bonds is 3. The molecule has 0 bridgehead atoms. The average Bonchev–Trinajstić information content (AvgIpc) is 3.33. The quantitative estimate of drug-likeness (QED) is 0.566. The van der Waals surface area contributed by atoms with Crippen molar-refractivity contribution >= 4 is 23.1 Å². The maximum Gasteiger partial charge on any atom is 0.410 e. The van der Waals surface area contributed by atoms with Gasteiger partial charge in [-0.3, -0.25) is 0 Å². The molecule has 0 saturated carbocycles. The number of nitrogens with zero attached hydrogens (tertiary/aromatic N) is 2. The third kappa shape index (κ3) is 4.04. The van der Waals surface area contributed by atoms with Gasteiger partial charge in [-0.05, 0) is 69.9 Å². The number of amides is 1. The van der Waals surface area contributed by atoms with Crippen LogP contribution in [0.25, 0.3) is 22.4 Å². The Morgan fingerprint density at radius 1 is 1.25 bits per heavy atom. The van der Waals surface area contributed by atoms with Crippen molar-refractivity contribution in [1.29, 1.82) is 0 Å². The molecule has 0 spiro atoms.